The third-order valence-electron chi connectivity index (χ3n) is 11.1. The zero-order chi connectivity index (χ0) is 23.3. The van der Waals surface area contributed by atoms with Crippen LogP contribution in [0.1, 0.15) is 119 Å². The third-order valence-corrected chi connectivity index (χ3v) is 11.1. The molecule has 0 spiro atoms. The Labute approximate surface area is 198 Å². The van der Waals surface area contributed by atoms with Gasteiger partial charge in [-0.1, -0.05) is 66.0 Å². The van der Waals surface area contributed by atoms with E-state index in [1.807, 2.05) is 0 Å². The van der Waals surface area contributed by atoms with Gasteiger partial charge in [0.05, 0.1) is 11.7 Å². The molecule has 0 aromatic carbocycles. The molecule has 184 valence electrons. The molecule has 2 nitrogen and oxygen atoms in total. The fourth-order valence-electron chi connectivity index (χ4n) is 8.91. The van der Waals surface area contributed by atoms with E-state index >= 15 is 0 Å². The van der Waals surface area contributed by atoms with Crippen molar-refractivity contribution in [2.45, 2.75) is 130 Å². The van der Waals surface area contributed by atoms with E-state index in [1.54, 1.807) is 5.57 Å². The van der Waals surface area contributed by atoms with Gasteiger partial charge < -0.3 is 10.2 Å². The van der Waals surface area contributed by atoms with Gasteiger partial charge >= 0.3 is 0 Å². The topological polar surface area (TPSA) is 40.5 Å². The Kier molecular flexibility index (Phi) is 6.99. The lowest BCUT2D eigenvalue weighted by molar-refractivity contribution is -0.0462. The molecule has 0 aromatic heterocycles. The van der Waals surface area contributed by atoms with Crippen LogP contribution in [0, 0.1) is 46.3 Å². The summed E-state index contributed by atoms with van der Waals surface area (Å²) < 4.78 is 0. The highest BCUT2D eigenvalue weighted by Gasteiger charge is 2.57. The van der Waals surface area contributed by atoms with Crippen LogP contribution in [0.5, 0.6) is 0 Å². The molecular weight excluding hydrogens is 392 g/mol. The number of allylic oxidation sites excluding steroid dienone is 1. The molecule has 9 atom stereocenters. The summed E-state index contributed by atoms with van der Waals surface area (Å²) in [4.78, 5) is 0. The van der Waals surface area contributed by atoms with Crippen molar-refractivity contribution in [2.75, 3.05) is 0 Å². The van der Waals surface area contributed by atoms with Crippen LogP contribution in [0.2, 0.25) is 0 Å². The molecule has 2 N–H and O–H groups in total. The van der Waals surface area contributed by atoms with Gasteiger partial charge in [0.15, 0.2) is 0 Å². The Morgan fingerprint density at radius 1 is 1.06 bits per heavy atom. The number of fused-ring (bicyclic) bond motifs is 5. The van der Waals surface area contributed by atoms with Gasteiger partial charge in [-0.2, -0.15) is 0 Å². The van der Waals surface area contributed by atoms with Crippen molar-refractivity contribution in [1.82, 2.24) is 0 Å². The van der Waals surface area contributed by atoms with Gasteiger partial charge in [0, 0.05) is 0 Å². The van der Waals surface area contributed by atoms with Gasteiger partial charge in [-0.15, -0.1) is 0 Å². The first-order valence-corrected chi connectivity index (χ1v) is 14.1. The Balaban J connectivity index is 1.40. The minimum Gasteiger partial charge on any atom is -0.393 e. The number of aliphatic hydroxyl groups excluding tert-OH is 1. The Morgan fingerprint density at radius 2 is 1.81 bits per heavy atom. The molecule has 0 amide bonds. The molecule has 0 radical (unpaired) electrons. The lowest BCUT2D eigenvalue weighted by Gasteiger charge is -2.55. The van der Waals surface area contributed by atoms with Crippen molar-refractivity contribution < 1.29 is 10.2 Å². The van der Waals surface area contributed by atoms with Gasteiger partial charge in [0.2, 0.25) is 0 Å². The summed E-state index contributed by atoms with van der Waals surface area (Å²) in [5, 5.41) is 21.3. The largest absolute Gasteiger partial charge is 0.393 e. The van der Waals surface area contributed by atoms with Crippen LogP contribution in [-0.4, -0.2) is 21.9 Å². The highest BCUT2D eigenvalue weighted by Crippen LogP contribution is 2.65. The Hall–Kier alpha value is -0.340. The van der Waals surface area contributed by atoms with Crippen LogP contribution in [0.4, 0.5) is 0 Å². The quantitative estimate of drug-likeness (QED) is 0.416. The molecule has 4 rings (SSSR count). The van der Waals surface area contributed by atoms with Crippen LogP contribution in [0.25, 0.3) is 0 Å². The lowest BCUT2D eigenvalue weighted by atomic mass is 9.50. The first kappa shape index (κ1) is 24.8. The van der Waals surface area contributed by atoms with Crippen LogP contribution < -0.4 is 0 Å². The molecule has 3 saturated carbocycles. The maximum absolute atomic E-state index is 10.9. The summed E-state index contributed by atoms with van der Waals surface area (Å²) in [5.41, 5.74) is 1.72. The molecule has 4 aliphatic carbocycles. The summed E-state index contributed by atoms with van der Waals surface area (Å²) in [6, 6.07) is 0. The molecule has 2 heteroatoms. The minimum absolute atomic E-state index is 0.00530. The number of hydrogen-bond donors (Lipinski definition) is 2. The van der Waals surface area contributed by atoms with E-state index in [9.17, 15) is 10.2 Å². The monoisotopic (exact) mass is 444 g/mol. The predicted molar refractivity (Wildman–Crippen MR) is 134 cm³/mol. The molecule has 0 aliphatic heterocycles. The molecule has 0 bridgehead atoms. The fourth-order valence-corrected chi connectivity index (χ4v) is 8.91. The zero-order valence-corrected chi connectivity index (χ0v) is 22.0. The van der Waals surface area contributed by atoms with Crippen molar-refractivity contribution >= 4 is 0 Å². The smallest absolute Gasteiger partial charge is 0.0682 e. The van der Waals surface area contributed by atoms with Crippen molar-refractivity contribution in [1.29, 1.82) is 0 Å². The lowest BCUT2D eigenvalue weighted by Crippen LogP contribution is -2.48. The molecule has 4 aliphatic rings. The SMILES string of the molecule is CC[C@]1(O)CCC2C(=CCC3[C@@H]2CC[C@]2(C)[C@@H]([C@H](C)CCCC(O)C(C)(C)C)CC[C@@H]32)C1. The highest BCUT2D eigenvalue weighted by molar-refractivity contribution is 5.22. The van der Waals surface area contributed by atoms with Gasteiger partial charge in [-0.05, 0) is 111 Å². The summed E-state index contributed by atoms with van der Waals surface area (Å²) in [6.45, 7) is 13.8. The first-order valence-electron chi connectivity index (χ1n) is 14.1. The normalized spacial score (nSPS) is 43.6. The van der Waals surface area contributed by atoms with Gasteiger partial charge in [0.25, 0.3) is 0 Å². The van der Waals surface area contributed by atoms with E-state index in [0.29, 0.717) is 5.41 Å². The minimum atomic E-state index is -0.424. The second-order valence-corrected chi connectivity index (χ2v) is 13.9. The molecule has 0 saturated heterocycles. The summed E-state index contributed by atoms with van der Waals surface area (Å²) in [6.07, 6.45) is 16.8. The maximum Gasteiger partial charge on any atom is 0.0682 e. The van der Waals surface area contributed by atoms with E-state index in [0.717, 1.165) is 67.6 Å². The molecule has 3 fully saturated rings. The van der Waals surface area contributed by atoms with Crippen LogP contribution in [-0.2, 0) is 0 Å². The van der Waals surface area contributed by atoms with Gasteiger partial charge in [-0.25, -0.2) is 0 Å². The van der Waals surface area contributed by atoms with Crippen molar-refractivity contribution in [3.63, 3.8) is 0 Å². The van der Waals surface area contributed by atoms with E-state index in [-0.39, 0.29) is 11.5 Å². The average Bonchev–Trinajstić information content (AvgIpc) is 3.09. The number of rotatable bonds is 6. The van der Waals surface area contributed by atoms with Crippen molar-refractivity contribution in [2.24, 2.45) is 46.3 Å². The number of hydrogen-bond acceptors (Lipinski definition) is 2. The van der Waals surface area contributed by atoms with Crippen LogP contribution in [0.15, 0.2) is 11.6 Å². The summed E-state index contributed by atoms with van der Waals surface area (Å²) >= 11 is 0. The van der Waals surface area contributed by atoms with Gasteiger partial charge in [-0.3, -0.25) is 0 Å². The molecule has 32 heavy (non-hydrogen) atoms. The van der Waals surface area contributed by atoms with E-state index in [1.165, 1.54) is 44.9 Å². The third kappa shape index (κ3) is 4.49. The molecular formula is C30H52O2. The van der Waals surface area contributed by atoms with Crippen LogP contribution in [0.3, 0.4) is 0 Å². The van der Waals surface area contributed by atoms with E-state index < -0.39 is 5.60 Å². The second-order valence-electron chi connectivity index (χ2n) is 13.9. The van der Waals surface area contributed by atoms with E-state index in [4.69, 9.17) is 0 Å². The highest BCUT2D eigenvalue weighted by atomic mass is 16.3. The second kappa shape index (κ2) is 9.03. The summed E-state index contributed by atoms with van der Waals surface area (Å²) in [7, 11) is 0. The molecule has 3 unspecified atom stereocenters. The standard InChI is InChI=1S/C30H52O2/c1-7-30(32)18-16-22-21(19-30)11-12-24-23(22)15-17-29(6)25(13-14-26(24)29)20(2)9-8-10-27(31)28(3,4)5/h11,20,22-27,31-32H,7-10,12-19H2,1-6H3/t20-,22?,23-,24?,25-,26+,27?,29-,30+/m1/s1. The average molecular weight is 445 g/mol. The van der Waals surface area contributed by atoms with Gasteiger partial charge in [0.1, 0.15) is 0 Å². The molecule has 0 aromatic rings. The first-order chi connectivity index (χ1) is 15.0. The van der Waals surface area contributed by atoms with E-state index in [2.05, 4.69) is 47.6 Å². The van der Waals surface area contributed by atoms with Crippen molar-refractivity contribution in [3.05, 3.63) is 11.6 Å². The Morgan fingerprint density at radius 3 is 2.50 bits per heavy atom. The zero-order valence-electron chi connectivity index (χ0n) is 22.0. The molecule has 0 heterocycles. The van der Waals surface area contributed by atoms with Crippen LogP contribution >= 0.6 is 0 Å². The summed E-state index contributed by atoms with van der Waals surface area (Å²) in [5.74, 6) is 5.07. The predicted octanol–water partition coefficient (Wildman–Crippen LogP) is 7.53. The maximum atomic E-state index is 10.9. The van der Waals surface area contributed by atoms with Crippen molar-refractivity contribution in [3.8, 4) is 0 Å². The Bertz CT molecular complexity index is 689. The number of aliphatic hydroxyl groups is 2. The fraction of sp³-hybridized carbons (Fsp3) is 0.933.